The highest BCUT2D eigenvalue weighted by Crippen LogP contribution is 2.30. The number of hydrogen-bond donors (Lipinski definition) is 1. The monoisotopic (exact) mass is 267 g/mol. The Morgan fingerprint density at radius 2 is 1.94 bits per heavy atom. The quantitative estimate of drug-likeness (QED) is 0.830. The van der Waals surface area contributed by atoms with Gasteiger partial charge in [-0.25, -0.2) is 0 Å². The van der Waals surface area contributed by atoms with Crippen molar-refractivity contribution in [2.24, 2.45) is 0 Å². The van der Waals surface area contributed by atoms with Crippen LogP contribution < -0.4 is 5.32 Å². The van der Waals surface area contributed by atoms with Gasteiger partial charge in [-0.05, 0) is 25.0 Å². The van der Waals surface area contributed by atoms with Gasteiger partial charge in [0.2, 0.25) is 0 Å². The molecule has 18 heavy (non-hydrogen) atoms. The molecule has 2 nitrogen and oxygen atoms in total. The zero-order chi connectivity index (χ0) is 12.8. The summed E-state index contributed by atoms with van der Waals surface area (Å²) in [6.07, 6.45) is 7.06. The Kier molecular flexibility index (Phi) is 5.64. The van der Waals surface area contributed by atoms with Crippen molar-refractivity contribution in [3.05, 3.63) is 23.7 Å². The Labute approximate surface area is 115 Å². The van der Waals surface area contributed by atoms with Crippen molar-refractivity contribution in [3.63, 3.8) is 0 Å². The molecule has 1 aromatic rings. The van der Waals surface area contributed by atoms with Crippen molar-refractivity contribution < 1.29 is 4.42 Å². The van der Waals surface area contributed by atoms with E-state index in [1.54, 1.807) is 0 Å². The van der Waals surface area contributed by atoms with Gasteiger partial charge in [0.1, 0.15) is 11.5 Å². The summed E-state index contributed by atoms with van der Waals surface area (Å²) in [5.74, 6) is 3.22. The van der Waals surface area contributed by atoms with Crippen LogP contribution >= 0.6 is 11.8 Å². The summed E-state index contributed by atoms with van der Waals surface area (Å²) in [5, 5.41) is 4.24. The fourth-order valence-electron chi connectivity index (χ4n) is 2.33. The molecule has 1 fully saturated rings. The molecule has 0 spiro atoms. The maximum Gasteiger partial charge on any atom is 0.118 e. The largest absolute Gasteiger partial charge is 0.464 e. The Balaban J connectivity index is 1.72. The molecule has 0 radical (unpaired) electrons. The first-order valence-corrected chi connectivity index (χ1v) is 8.21. The van der Waals surface area contributed by atoms with Crippen LogP contribution in [0.1, 0.15) is 57.5 Å². The van der Waals surface area contributed by atoms with Crippen molar-refractivity contribution in [1.29, 1.82) is 0 Å². The Morgan fingerprint density at radius 3 is 2.67 bits per heavy atom. The molecule has 3 heteroatoms. The van der Waals surface area contributed by atoms with Crippen molar-refractivity contribution in [3.8, 4) is 0 Å². The summed E-state index contributed by atoms with van der Waals surface area (Å²) in [7, 11) is 0. The SMILES string of the molecule is CC(C)NCc1ccc(CSC2CCCCC2)o1. The number of nitrogens with one attached hydrogen (secondary N) is 1. The van der Waals surface area contributed by atoms with E-state index in [2.05, 4.69) is 43.1 Å². The molecule has 0 saturated heterocycles. The average molecular weight is 267 g/mol. The summed E-state index contributed by atoms with van der Waals surface area (Å²) >= 11 is 2.07. The van der Waals surface area contributed by atoms with Gasteiger partial charge in [0.25, 0.3) is 0 Å². The highest BCUT2D eigenvalue weighted by atomic mass is 32.2. The smallest absolute Gasteiger partial charge is 0.118 e. The Morgan fingerprint density at radius 1 is 1.22 bits per heavy atom. The minimum Gasteiger partial charge on any atom is -0.464 e. The number of furan rings is 1. The molecular formula is C15H25NOS. The molecule has 1 heterocycles. The maximum atomic E-state index is 5.84. The van der Waals surface area contributed by atoms with Crippen molar-refractivity contribution in [2.45, 2.75) is 69.5 Å². The van der Waals surface area contributed by atoms with E-state index in [1.165, 1.54) is 32.1 Å². The van der Waals surface area contributed by atoms with Gasteiger partial charge in [-0.2, -0.15) is 11.8 Å². The number of rotatable bonds is 6. The molecule has 0 unspecified atom stereocenters. The lowest BCUT2D eigenvalue weighted by molar-refractivity contribution is 0.445. The topological polar surface area (TPSA) is 25.2 Å². The third kappa shape index (κ3) is 4.69. The van der Waals surface area contributed by atoms with E-state index in [-0.39, 0.29) is 0 Å². The summed E-state index contributed by atoms with van der Waals surface area (Å²) in [6.45, 7) is 5.15. The third-order valence-corrected chi connectivity index (χ3v) is 4.81. The minimum absolute atomic E-state index is 0.509. The van der Waals surface area contributed by atoms with E-state index in [4.69, 9.17) is 4.42 Å². The van der Waals surface area contributed by atoms with Gasteiger partial charge in [-0.3, -0.25) is 0 Å². The molecule has 2 rings (SSSR count). The Bertz CT molecular complexity index is 342. The van der Waals surface area contributed by atoms with E-state index in [1.807, 2.05) is 0 Å². The van der Waals surface area contributed by atoms with Gasteiger partial charge >= 0.3 is 0 Å². The van der Waals surface area contributed by atoms with Crippen LogP contribution in [0.4, 0.5) is 0 Å². The van der Waals surface area contributed by atoms with Crippen molar-refractivity contribution >= 4 is 11.8 Å². The summed E-state index contributed by atoms with van der Waals surface area (Å²) in [6, 6.07) is 4.74. The van der Waals surface area contributed by atoms with Crippen LogP contribution in [0.5, 0.6) is 0 Å². The zero-order valence-corrected chi connectivity index (χ0v) is 12.4. The second-order valence-electron chi connectivity index (χ2n) is 5.47. The molecule has 1 saturated carbocycles. The van der Waals surface area contributed by atoms with Crippen LogP contribution in [-0.4, -0.2) is 11.3 Å². The predicted molar refractivity (Wildman–Crippen MR) is 78.9 cm³/mol. The molecule has 0 bridgehead atoms. The second-order valence-corrected chi connectivity index (χ2v) is 6.76. The molecule has 102 valence electrons. The maximum absolute atomic E-state index is 5.84. The van der Waals surface area contributed by atoms with Gasteiger partial charge in [0, 0.05) is 11.3 Å². The van der Waals surface area contributed by atoms with Gasteiger partial charge in [-0.15, -0.1) is 0 Å². The molecule has 0 aromatic carbocycles. The van der Waals surface area contributed by atoms with E-state index in [0.717, 1.165) is 29.1 Å². The van der Waals surface area contributed by atoms with Crippen LogP contribution in [0.2, 0.25) is 0 Å². The van der Waals surface area contributed by atoms with Crippen molar-refractivity contribution in [1.82, 2.24) is 5.32 Å². The highest BCUT2D eigenvalue weighted by molar-refractivity contribution is 7.99. The van der Waals surface area contributed by atoms with Crippen LogP contribution in [-0.2, 0) is 12.3 Å². The fourth-order valence-corrected chi connectivity index (χ4v) is 3.55. The van der Waals surface area contributed by atoms with E-state index < -0.39 is 0 Å². The fraction of sp³-hybridized carbons (Fsp3) is 0.733. The molecule has 1 aliphatic carbocycles. The Hall–Kier alpha value is -0.410. The lowest BCUT2D eigenvalue weighted by atomic mass is 10.0. The predicted octanol–water partition coefficient (Wildman–Crippen LogP) is 4.34. The van der Waals surface area contributed by atoms with E-state index in [9.17, 15) is 0 Å². The molecular weight excluding hydrogens is 242 g/mol. The zero-order valence-electron chi connectivity index (χ0n) is 11.6. The van der Waals surface area contributed by atoms with E-state index in [0.29, 0.717) is 6.04 Å². The standard InChI is InChI=1S/C15H25NOS/c1-12(2)16-10-13-8-9-14(17-13)11-18-15-6-4-3-5-7-15/h8-9,12,15-16H,3-7,10-11H2,1-2H3. The molecule has 1 N–H and O–H groups in total. The lowest BCUT2D eigenvalue weighted by Crippen LogP contribution is -2.21. The summed E-state index contributed by atoms with van der Waals surface area (Å²) in [5.41, 5.74) is 0. The average Bonchev–Trinajstić information content (AvgIpc) is 2.83. The minimum atomic E-state index is 0.509. The first kappa shape index (κ1) is 14.0. The normalized spacial score (nSPS) is 17.5. The van der Waals surface area contributed by atoms with Gasteiger partial charge in [0.15, 0.2) is 0 Å². The molecule has 1 aromatic heterocycles. The van der Waals surface area contributed by atoms with Crippen LogP contribution in [0.15, 0.2) is 16.5 Å². The molecule has 0 amide bonds. The van der Waals surface area contributed by atoms with Gasteiger partial charge in [0.05, 0.1) is 12.3 Å². The molecule has 0 aliphatic heterocycles. The number of thioether (sulfide) groups is 1. The lowest BCUT2D eigenvalue weighted by Gasteiger charge is -2.20. The first-order valence-electron chi connectivity index (χ1n) is 7.16. The van der Waals surface area contributed by atoms with Crippen LogP contribution in [0, 0.1) is 0 Å². The third-order valence-electron chi connectivity index (χ3n) is 3.42. The second kappa shape index (κ2) is 7.25. The summed E-state index contributed by atoms with van der Waals surface area (Å²) in [4.78, 5) is 0. The van der Waals surface area contributed by atoms with Crippen molar-refractivity contribution in [2.75, 3.05) is 0 Å². The molecule has 1 aliphatic rings. The van der Waals surface area contributed by atoms with Gasteiger partial charge < -0.3 is 9.73 Å². The van der Waals surface area contributed by atoms with E-state index >= 15 is 0 Å². The summed E-state index contributed by atoms with van der Waals surface area (Å²) < 4.78 is 5.84. The number of hydrogen-bond acceptors (Lipinski definition) is 3. The molecule has 0 atom stereocenters. The van der Waals surface area contributed by atoms with Crippen LogP contribution in [0.3, 0.4) is 0 Å². The van der Waals surface area contributed by atoms with Gasteiger partial charge in [-0.1, -0.05) is 33.1 Å². The van der Waals surface area contributed by atoms with Crippen LogP contribution in [0.25, 0.3) is 0 Å². The highest BCUT2D eigenvalue weighted by Gasteiger charge is 2.14. The first-order chi connectivity index (χ1) is 8.74.